The molecule has 0 bridgehead atoms. The van der Waals surface area contributed by atoms with Crippen LogP contribution in [-0.4, -0.2) is 38.4 Å². The molecule has 1 fully saturated rings. The zero-order chi connectivity index (χ0) is 14.7. The van der Waals surface area contributed by atoms with Gasteiger partial charge in [-0.1, -0.05) is 11.6 Å². The summed E-state index contributed by atoms with van der Waals surface area (Å²) in [5.41, 5.74) is 1.12. The highest BCUT2D eigenvalue weighted by atomic mass is 79.9. The largest absolute Gasteiger partial charge is 0.485 e. The van der Waals surface area contributed by atoms with Crippen LogP contribution in [0.25, 0.3) is 0 Å². The molecule has 20 heavy (non-hydrogen) atoms. The highest BCUT2D eigenvalue weighted by Gasteiger charge is 2.25. The third-order valence-electron chi connectivity index (χ3n) is 3.46. The lowest BCUT2D eigenvalue weighted by Gasteiger charge is -2.32. The van der Waals surface area contributed by atoms with Crippen LogP contribution < -0.4 is 9.64 Å². The lowest BCUT2D eigenvalue weighted by molar-refractivity contribution is -0.915. The maximum Gasteiger partial charge on any atom is 0.152 e. The Labute approximate surface area is 134 Å². The lowest BCUT2D eigenvalue weighted by atomic mass is 10.2. The zero-order valence-electron chi connectivity index (χ0n) is 12.2. The van der Waals surface area contributed by atoms with E-state index in [4.69, 9.17) is 21.1 Å². The molecular weight excluding hydrogens is 342 g/mol. The number of morpholine rings is 1. The van der Waals surface area contributed by atoms with Gasteiger partial charge in [-0.25, -0.2) is 0 Å². The van der Waals surface area contributed by atoms with Gasteiger partial charge in [-0.2, -0.15) is 0 Å². The molecule has 0 aromatic heterocycles. The first kappa shape index (κ1) is 16.1. The molecule has 1 aliphatic rings. The number of nitrogens with one attached hydrogen (secondary N) is 1. The molecular formula is C15H22BrClNO2+. The Morgan fingerprint density at radius 3 is 2.60 bits per heavy atom. The van der Waals surface area contributed by atoms with Crippen LogP contribution in [-0.2, 0) is 4.74 Å². The van der Waals surface area contributed by atoms with Crippen LogP contribution in [0.2, 0.25) is 5.02 Å². The summed E-state index contributed by atoms with van der Waals surface area (Å²) in [6, 6.07) is 3.94. The van der Waals surface area contributed by atoms with Gasteiger partial charge in [0.05, 0.1) is 9.50 Å². The van der Waals surface area contributed by atoms with Crippen molar-refractivity contribution in [3.63, 3.8) is 0 Å². The summed E-state index contributed by atoms with van der Waals surface area (Å²) in [5.74, 6) is 0.742. The van der Waals surface area contributed by atoms with E-state index in [1.165, 1.54) is 4.90 Å². The maximum atomic E-state index is 6.22. The van der Waals surface area contributed by atoms with Crippen molar-refractivity contribution in [3.8, 4) is 5.75 Å². The predicted molar refractivity (Wildman–Crippen MR) is 85.0 cm³/mol. The molecule has 112 valence electrons. The van der Waals surface area contributed by atoms with E-state index in [1.54, 1.807) is 0 Å². The van der Waals surface area contributed by atoms with Gasteiger partial charge in [0.15, 0.2) is 5.75 Å². The first-order valence-corrected chi connectivity index (χ1v) is 8.20. The van der Waals surface area contributed by atoms with Gasteiger partial charge in [0.25, 0.3) is 0 Å². The highest BCUT2D eigenvalue weighted by molar-refractivity contribution is 9.10. The first-order chi connectivity index (χ1) is 9.45. The summed E-state index contributed by atoms with van der Waals surface area (Å²) in [5, 5.41) is 0.663. The fourth-order valence-corrected chi connectivity index (χ4v) is 3.85. The number of quaternary nitrogens is 1. The van der Waals surface area contributed by atoms with Crippen LogP contribution in [0.3, 0.4) is 0 Å². The summed E-state index contributed by atoms with van der Waals surface area (Å²) in [6.07, 6.45) is 0.645. The molecule has 0 aliphatic carbocycles. The van der Waals surface area contributed by atoms with E-state index in [0.717, 1.165) is 35.4 Å². The maximum absolute atomic E-state index is 6.22. The second-order valence-corrected chi connectivity index (χ2v) is 6.83. The molecule has 0 saturated carbocycles. The van der Waals surface area contributed by atoms with Gasteiger partial charge in [0.1, 0.15) is 38.4 Å². The number of aryl methyl sites for hydroxylation is 1. The van der Waals surface area contributed by atoms with Crippen molar-refractivity contribution in [1.82, 2.24) is 0 Å². The highest BCUT2D eigenvalue weighted by Crippen LogP contribution is 2.34. The Balaban J connectivity index is 1.87. The molecule has 5 heteroatoms. The number of benzene rings is 1. The molecule has 1 heterocycles. The standard InChI is InChI=1S/C15H21BrClNO2/c1-10-6-13(16)15(14(17)7-10)19-5-4-18-8-11(2)20-12(3)9-18/h6-7,11-12H,4-5,8-9H2,1-3H3/p+1/t11-,12-/m1/s1. The smallest absolute Gasteiger partial charge is 0.152 e. The first-order valence-electron chi connectivity index (χ1n) is 7.03. The van der Waals surface area contributed by atoms with E-state index < -0.39 is 0 Å². The van der Waals surface area contributed by atoms with Gasteiger partial charge in [-0.3, -0.25) is 0 Å². The third-order valence-corrected chi connectivity index (χ3v) is 4.33. The Kier molecular flexibility index (Phi) is 5.73. The van der Waals surface area contributed by atoms with Gasteiger partial charge in [-0.05, 0) is 54.4 Å². The Morgan fingerprint density at radius 2 is 2.00 bits per heavy atom. The Morgan fingerprint density at radius 1 is 1.35 bits per heavy atom. The van der Waals surface area contributed by atoms with E-state index in [0.29, 0.717) is 23.8 Å². The number of ether oxygens (including phenoxy) is 2. The molecule has 2 rings (SSSR count). The minimum absolute atomic E-state index is 0.323. The second-order valence-electron chi connectivity index (χ2n) is 5.57. The van der Waals surface area contributed by atoms with E-state index in [1.807, 2.05) is 19.1 Å². The summed E-state index contributed by atoms with van der Waals surface area (Å²) < 4.78 is 12.5. The summed E-state index contributed by atoms with van der Waals surface area (Å²) >= 11 is 9.73. The normalized spacial score (nSPS) is 26.6. The number of halogens is 2. The Bertz CT molecular complexity index is 436. The Hall–Kier alpha value is -0.290. The predicted octanol–water partition coefficient (Wildman–Crippen LogP) is 2.48. The fraction of sp³-hybridized carbons (Fsp3) is 0.600. The van der Waals surface area contributed by atoms with Crippen LogP contribution in [0, 0.1) is 6.92 Å². The zero-order valence-corrected chi connectivity index (χ0v) is 14.6. The van der Waals surface area contributed by atoms with Gasteiger partial charge >= 0.3 is 0 Å². The molecule has 3 nitrogen and oxygen atoms in total. The van der Waals surface area contributed by atoms with Crippen molar-refractivity contribution in [2.75, 3.05) is 26.2 Å². The summed E-state index contributed by atoms with van der Waals surface area (Å²) in [6.45, 7) is 9.98. The molecule has 1 N–H and O–H groups in total. The number of hydrogen-bond donors (Lipinski definition) is 1. The number of rotatable bonds is 4. The van der Waals surface area contributed by atoms with Gasteiger partial charge in [0, 0.05) is 0 Å². The second kappa shape index (κ2) is 7.12. The molecule has 1 saturated heterocycles. The lowest BCUT2D eigenvalue weighted by Crippen LogP contribution is -3.16. The average molecular weight is 364 g/mol. The molecule has 0 spiro atoms. The SMILES string of the molecule is Cc1cc(Cl)c(OCC[NH+]2C[C@@H](C)O[C@H](C)C2)c(Br)c1. The molecule has 1 aromatic carbocycles. The minimum atomic E-state index is 0.323. The van der Waals surface area contributed by atoms with E-state index >= 15 is 0 Å². The van der Waals surface area contributed by atoms with Crippen molar-refractivity contribution in [3.05, 3.63) is 27.2 Å². The monoisotopic (exact) mass is 362 g/mol. The fourth-order valence-electron chi connectivity index (χ4n) is 2.72. The summed E-state index contributed by atoms with van der Waals surface area (Å²) in [4.78, 5) is 1.52. The number of hydrogen-bond acceptors (Lipinski definition) is 2. The molecule has 0 amide bonds. The average Bonchev–Trinajstić information content (AvgIpc) is 2.31. The van der Waals surface area contributed by atoms with Crippen LogP contribution in [0.15, 0.2) is 16.6 Å². The van der Waals surface area contributed by atoms with Crippen LogP contribution in [0.4, 0.5) is 0 Å². The van der Waals surface area contributed by atoms with Crippen LogP contribution >= 0.6 is 27.5 Å². The van der Waals surface area contributed by atoms with E-state index in [9.17, 15) is 0 Å². The van der Waals surface area contributed by atoms with E-state index in [-0.39, 0.29) is 0 Å². The molecule has 1 aliphatic heterocycles. The van der Waals surface area contributed by atoms with Crippen molar-refractivity contribution in [2.45, 2.75) is 33.0 Å². The minimum Gasteiger partial charge on any atom is -0.485 e. The summed E-state index contributed by atoms with van der Waals surface area (Å²) in [7, 11) is 0. The molecule has 0 unspecified atom stereocenters. The van der Waals surface area contributed by atoms with Crippen LogP contribution in [0.1, 0.15) is 19.4 Å². The van der Waals surface area contributed by atoms with Crippen molar-refractivity contribution in [1.29, 1.82) is 0 Å². The quantitative estimate of drug-likeness (QED) is 0.888. The van der Waals surface area contributed by atoms with Crippen molar-refractivity contribution in [2.24, 2.45) is 0 Å². The van der Waals surface area contributed by atoms with Crippen molar-refractivity contribution >= 4 is 27.5 Å². The molecule has 2 atom stereocenters. The molecule has 0 radical (unpaired) electrons. The van der Waals surface area contributed by atoms with E-state index in [2.05, 4.69) is 29.8 Å². The molecule has 1 aromatic rings. The van der Waals surface area contributed by atoms with Gasteiger partial charge in [-0.15, -0.1) is 0 Å². The topological polar surface area (TPSA) is 22.9 Å². The van der Waals surface area contributed by atoms with Gasteiger partial charge in [0.2, 0.25) is 0 Å². The van der Waals surface area contributed by atoms with Crippen LogP contribution in [0.5, 0.6) is 5.75 Å². The van der Waals surface area contributed by atoms with Crippen molar-refractivity contribution < 1.29 is 14.4 Å². The van der Waals surface area contributed by atoms with Gasteiger partial charge < -0.3 is 14.4 Å². The third kappa shape index (κ3) is 4.35.